The average molecular weight is 416 g/mol. The van der Waals surface area contributed by atoms with Crippen LogP contribution in [0.3, 0.4) is 0 Å². The van der Waals surface area contributed by atoms with Gasteiger partial charge in [-0.2, -0.15) is 0 Å². The van der Waals surface area contributed by atoms with Gasteiger partial charge in [0.05, 0.1) is 18.1 Å². The van der Waals surface area contributed by atoms with Crippen molar-refractivity contribution in [3.8, 4) is 11.1 Å². The van der Waals surface area contributed by atoms with E-state index in [9.17, 15) is 10.1 Å². The Hall–Kier alpha value is -2.85. The summed E-state index contributed by atoms with van der Waals surface area (Å²) >= 11 is 0. The molecule has 10 heteroatoms. The Bertz CT molecular complexity index is 920. The van der Waals surface area contributed by atoms with Gasteiger partial charge in [-0.1, -0.05) is 0 Å². The maximum absolute atomic E-state index is 15.0. The molecule has 0 radical (unpaired) electrons. The van der Waals surface area contributed by atoms with Gasteiger partial charge in [0.15, 0.2) is 0 Å². The minimum absolute atomic E-state index is 0.111. The number of nitrogens with zero attached hydrogens (tertiary/aromatic N) is 6. The van der Waals surface area contributed by atoms with E-state index >= 15 is 4.39 Å². The van der Waals surface area contributed by atoms with Crippen LogP contribution in [-0.2, 0) is 4.74 Å². The molecule has 2 aromatic rings. The van der Waals surface area contributed by atoms with Gasteiger partial charge in [-0.3, -0.25) is 10.1 Å². The van der Waals surface area contributed by atoms with Crippen LogP contribution >= 0.6 is 0 Å². The predicted molar refractivity (Wildman–Crippen MR) is 111 cm³/mol. The third-order valence-electron chi connectivity index (χ3n) is 5.80. The summed E-state index contributed by atoms with van der Waals surface area (Å²) in [7, 11) is 2.01. The highest BCUT2D eigenvalue weighted by atomic mass is 19.1. The minimum Gasteiger partial charge on any atom is -0.378 e. The maximum Gasteiger partial charge on any atom is 0.293 e. The van der Waals surface area contributed by atoms with E-state index in [0.717, 1.165) is 6.54 Å². The summed E-state index contributed by atoms with van der Waals surface area (Å²) in [6.07, 6.45) is 3.02. The first-order valence-corrected chi connectivity index (χ1v) is 10.0. The molecule has 0 bridgehead atoms. The molecule has 4 rings (SSSR count). The van der Waals surface area contributed by atoms with Crippen LogP contribution in [0, 0.1) is 15.9 Å². The Morgan fingerprint density at radius 2 is 1.83 bits per heavy atom. The Morgan fingerprint density at radius 3 is 2.47 bits per heavy atom. The number of piperazine rings is 1. The SMILES string of the molecule is CC1CN(c2cc(F)c(-c3cnc(N4CCOCC4)nc3)cc2[N+](=O)[O-])CCN1C. The standard InChI is InChI=1S/C20H25FN6O3/c1-14-13-26(4-3-24(14)2)18-10-17(21)16(9-19(18)27(28)29)15-11-22-20(23-12-15)25-5-7-30-8-6-25/h9-12,14H,3-8,13H2,1-2H3. The van der Waals surface area contributed by atoms with Crippen LogP contribution in [-0.4, -0.2) is 78.8 Å². The first-order valence-electron chi connectivity index (χ1n) is 10.0. The third kappa shape index (κ3) is 4.05. The lowest BCUT2D eigenvalue weighted by Gasteiger charge is -2.38. The van der Waals surface area contributed by atoms with Crippen molar-refractivity contribution in [2.75, 3.05) is 62.8 Å². The van der Waals surface area contributed by atoms with E-state index in [1.807, 2.05) is 16.8 Å². The number of likely N-dealkylation sites (N-methyl/N-ethyl adjacent to an activating group) is 1. The molecule has 0 N–H and O–H groups in total. The van der Waals surface area contributed by atoms with Crippen molar-refractivity contribution in [2.24, 2.45) is 0 Å². The molecule has 2 aliphatic heterocycles. The molecule has 2 aliphatic rings. The second kappa shape index (κ2) is 8.49. The van der Waals surface area contributed by atoms with E-state index in [-0.39, 0.29) is 17.3 Å². The molecule has 30 heavy (non-hydrogen) atoms. The van der Waals surface area contributed by atoms with Crippen LogP contribution in [0.1, 0.15) is 6.92 Å². The lowest BCUT2D eigenvalue weighted by atomic mass is 10.0. The number of benzene rings is 1. The van der Waals surface area contributed by atoms with E-state index < -0.39 is 10.7 Å². The highest BCUT2D eigenvalue weighted by Crippen LogP contribution is 2.36. The molecule has 0 saturated carbocycles. The summed E-state index contributed by atoms with van der Waals surface area (Å²) in [6, 6.07) is 2.78. The number of nitro benzene ring substituents is 1. The van der Waals surface area contributed by atoms with Crippen molar-refractivity contribution in [3.63, 3.8) is 0 Å². The summed E-state index contributed by atoms with van der Waals surface area (Å²) in [5.74, 6) is 0.0184. The quantitative estimate of drug-likeness (QED) is 0.554. The van der Waals surface area contributed by atoms with Crippen molar-refractivity contribution in [1.29, 1.82) is 0 Å². The van der Waals surface area contributed by atoms with E-state index in [1.165, 1.54) is 24.5 Å². The van der Waals surface area contributed by atoms with Gasteiger partial charge >= 0.3 is 0 Å². The second-order valence-corrected chi connectivity index (χ2v) is 7.72. The lowest BCUT2D eigenvalue weighted by Crippen LogP contribution is -2.50. The van der Waals surface area contributed by atoms with Gasteiger partial charge in [-0.15, -0.1) is 0 Å². The number of halogens is 1. The Morgan fingerprint density at radius 1 is 1.13 bits per heavy atom. The Balaban J connectivity index is 1.64. The van der Waals surface area contributed by atoms with Crippen LogP contribution in [0.4, 0.5) is 21.7 Å². The topological polar surface area (TPSA) is 87.9 Å². The zero-order valence-corrected chi connectivity index (χ0v) is 17.1. The molecule has 1 atom stereocenters. The molecule has 1 aromatic carbocycles. The number of nitro groups is 1. The number of anilines is 2. The smallest absolute Gasteiger partial charge is 0.293 e. The molecule has 2 fully saturated rings. The predicted octanol–water partition coefficient (Wildman–Crippen LogP) is 2.17. The third-order valence-corrected chi connectivity index (χ3v) is 5.80. The van der Waals surface area contributed by atoms with E-state index in [0.29, 0.717) is 56.6 Å². The first kappa shape index (κ1) is 20.4. The highest BCUT2D eigenvalue weighted by molar-refractivity contribution is 5.74. The van der Waals surface area contributed by atoms with Gasteiger partial charge in [0.2, 0.25) is 5.95 Å². The summed E-state index contributed by atoms with van der Waals surface area (Å²) in [5.41, 5.74) is 0.736. The van der Waals surface area contributed by atoms with Crippen LogP contribution in [0.2, 0.25) is 0 Å². The van der Waals surface area contributed by atoms with Crippen LogP contribution in [0.5, 0.6) is 0 Å². The fraction of sp³-hybridized carbons (Fsp3) is 0.500. The average Bonchev–Trinajstić information content (AvgIpc) is 2.76. The van der Waals surface area contributed by atoms with Crippen molar-refractivity contribution >= 4 is 17.3 Å². The minimum atomic E-state index is -0.523. The lowest BCUT2D eigenvalue weighted by molar-refractivity contribution is -0.384. The molecular weight excluding hydrogens is 391 g/mol. The summed E-state index contributed by atoms with van der Waals surface area (Å²) in [5, 5.41) is 11.8. The molecule has 0 amide bonds. The molecule has 1 unspecified atom stereocenters. The summed E-state index contributed by atoms with van der Waals surface area (Å²) < 4.78 is 20.3. The van der Waals surface area contributed by atoms with Crippen molar-refractivity contribution in [1.82, 2.24) is 14.9 Å². The zero-order valence-electron chi connectivity index (χ0n) is 17.1. The molecule has 3 heterocycles. The zero-order chi connectivity index (χ0) is 21.3. The monoisotopic (exact) mass is 416 g/mol. The van der Waals surface area contributed by atoms with E-state index in [4.69, 9.17) is 4.74 Å². The Kier molecular flexibility index (Phi) is 5.78. The van der Waals surface area contributed by atoms with Crippen LogP contribution in [0.15, 0.2) is 24.5 Å². The molecular formula is C20H25FN6O3. The van der Waals surface area contributed by atoms with Crippen molar-refractivity contribution in [3.05, 3.63) is 40.5 Å². The highest BCUT2D eigenvalue weighted by Gasteiger charge is 2.28. The fourth-order valence-electron chi connectivity index (χ4n) is 3.83. The van der Waals surface area contributed by atoms with Gasteiger partial charge in [-0.05, 0) is 14.0 Å². The molecule has 0 aliphatic carbocycles. The number of hydrogen-bond donors (Lipinski definition) is 0. The molecule has 0 spiro atoms. The van der Waals surface area contributed by atoms with Gasteiger partial charge in [-0.25, -0.2) is 14.4 Å². The number of ether oxygens (including phenoxy) is 1. The molecule has 2 saturated heterocycles. The number of aromatic nitrogens is 2. The first-order chi connectivity index (χ1) is 14.4. The number of hydrogen-bond acceptors (Lipinski definition) is 8. The summed E-state index contributed by atoms with van der Waals surface area (Å²) in [4.78, 5) is 26.0. The fourth-order valence-corrected chi connectivity index (χ4v) is 3.83. The molecule has 160 valence electrons. The van der Waals surface area contributed by atoms with Gasteiger partial charge in [0.25, 0.3) is 5.69 Å². The molecule has 1 aromatic heterocycles. The van der Waals surface area contributed by atoms with E-state index in [1.54, 1.807) is 0 Å². The molecule has 9 nitrogen and oxygen atoms in total. The number of rotatable bonds is 4. The van der Waals surface area contributed by atoms with E-state index in [2.05, 4.69) is 21.8 Å². The largest absolute Gasteiger partial charge is 0.378 e. The van der Waals surface area contributed by atoms with Crippen molar-refractivity contribution in [2.45, 2.75) is 13.0 Å². The summed E-state index contributed by atoms with van der Waals surface area (Å²) in [6.45, 7) is 6.63. The van der Waals surface area contributed by atoms with Gasteiger partial charge in [0.1, 0.15) is 11.5 Å². The van der Waals surface area contributed by atoms with Gasteiger partial charge in [0, 0.05) is 74.4 Å². The second-order valence-electron chi connectivity index (χ2n) is 7.72. The Labute approximate surface area is 174 Å². The van der Waals surface area contributed by atoms with Crippen LogP contribution < -0.4 is 9.80 Å². The van der Waals surface area contributed by atoms with Crippen molar-refractivity contribution < 1.29 is 14.1 Å². The van der Waals surface area contributed by atoms with Crippen LogP contribution in [0.25, 0.3) is 11.1 Å². The maximum atomic E-state index is 15.0. The number of morpholine rings is 1. The van der Waals surface area contributed by atoms with Gasteiger partial charge < -0.3 is 19.4 Å². The normalized spacial score (nSPS) is 20.4.